The lowest BCUT2D eigenvalue weighted by Gasteiger charge is -2.38. The van der Waals surface area contributed by atoms with Gasteiger partial charge in [0.25, 0.3) is 0 Å². The topological polar surface area (TPSA) is 60.4 Å². The Morgan fingerprint density at radius 1 is 1.00 bits per heavy atom. The number of fused-ring (bicyclic) bond motifs is 1. The molecule has 0 atom stereocenters. The lowest BCUT2D eigenvalue weighted by atomic mass is 9.76. The summed E-state index contributed by atoms with van der Waals surface area (Å²) in [6.07, 6.45) is 0.414. The number of rotatable bonds is 3. The van der Waals surface area contributed by atoms with Gasteiger partial charge in [-0.15, -0.1) is 0 Å². The van der Waals surface area contributed by atoms with Gasteiger partial charge in [-0.1, -0.05) is 74.2 Å². The van der Waals surface area contributed by atoms with Gasteiger partial charge in [0, 0.05) is 34.2 Å². The predicted molar refractivity (Wildman–Crippen MR) is 118 cm³/mol. The second kappa shape index (κ2) is 8.12. The Bertz CT molecular complexity index is 1220. The van der Waals surface area contributed by atoms with Crippen LogP contribution in [0.15, 0.2) is 72.8 Å². The second-order valence-electron chi connectivity index (χ2n) is 8.34. The number of amides is 1. The smallest absolute Gasteiger partial charge is 0.228 e. The van der Waals surface area contributed by atoms with E-state index in [0.717, 1.165) is 22.4 Å². The molecule has 0 saturated carbocycles. The lowest BCUT2D eigenvalue weighted by Crippen LogP contribution is -2.41. The third-order valence-electron chi connectivity index (χ3n) is 5.58. The Labute approximate surface area is 182 Å². The zero-order valence-corrected chi connectivity index (χ0v) is 17.5. The minimum absolute atomic E-state index is 0.0768. The van der Waals surface area contributed by atoms with Gasteiger partial charge in [0.1, 0.15) is 0 Å². The molecule has 0 saturated heterocycles. The van der Waals surface area contributed by atoms with Crippen LogP contribution >= 0.6 is 0 Å². The third kappa shape index (κ3) is 4.22. The molecule has 3 aromatic carbocycles. The van der Waals surface area contributed by atoms with Crippen LogP contribution in [-0.4, -0.2) is 11.9 Å². The highest BCUT2D eigenvalue weighted by molar-refractivity contribution is 5.98. The van der Waals surface area contributed by atoms with E-state index in [1.54, 1.807) is 18.2 Å². The van der Waals surface area contributed by atoms with Gasteiger partial charge >= 0.3 is 0 Å². The molecule has 0 aromatic heterocycles. The van der Waals surface area contributed by atoms with Crippen LogP contribution in [0.25, 0.3) is 0 Å². The van der Waals surface area contributed by atoms with Crippen LogP contribution in [0.4, 0.5) is 5.69 Å². The zero-order chi connectivity index (χ0) is 22.0. The third-order valence-corrected chi connectivity index (χ3v) is 5.58. The minimum Gasteiger partial charge on any atom is -0.545 e. The predicted octanol–water partition coefficient (Wildman–Crippen LogP) is 3.66. The average molecular weight is 408 g/mol. The number of carbonyl (C=O) groups is 2. The van der Waals surface area contributed by atoms with Gasteiger partial charge in [-0.3, -0.25) is 4.79 Å². The molecule has 0 unspecified atom stereocenters. The van der Waals surface area contributed by atoms with E-state index in [1.807, 2.05) is 53.4 Å². The first-order valence-electron chi connectivity index (χ1n) is 10.2. The van der Waals surface area contributed by atoms with E-state index < -0.39 is 5.97 Å². The molecule has 4 nitrogen and oxygen atoms in total. The van der Waals surface area contributed by atoms with Gasteiger partial charge in [0.05, 0.1) is 12.5 Å². The quantitative estimate of drug-likeness (QED) is 0.622. The molecule has 31 heavy (non-hydrogen) atoms. The summed E-state index contributed by atoms with van der Waals surface area (Å²) >= 11 is 0. The van der Waals surface area contributed by atoms with Crippen LogP contribution in [0.1, 0.15) is 52.9 Å². The molecule has 1 heterocycles. The first-order chi connectivity index (χ1) is 14.8. The highest BCUT2D eigenvalue weighted by atomic mass is 16.4. The molecule has 1 aliphatic rings. The van der Waals surface area contributed by atoms with Crippen molar-refractivity contribution in [2.24, 2.45) is 0 Å². The summed E-state index contributed by atoms with van der Waals surface area (Å²) in [4.78, 5) is 26.1. The lowest BCUT2D eigenvalue weighted by molar-refractivity contribution is -0.255. The monoisotopic (exact) mass is 408 g/mol. The Kier molecular flexibility index (Phi) is 5.35. The molecular formula is C27H22NO3-. The van der Waals surface area contributed by atoms with Crippen molar-refractivity contribution in [3.05, 3.63) is 101 Å². The normalized spacial score (nSPS) is 14.4. The fourth-order valence-electron chi connectivity index (χ4n) is 3.94. The fourth-order valence-corrected chi connectivity index (χ4v) is 3.94. The molecular weight excluding hydrogens is 386 g/mol. The number of carboxylic acids is 1. The maximum Gasteiger partial charge on any atom is 0.228 e. The molecule has 1 amide bonds. The summed E-state index contributed by atoms with van der Waals surface area (Å²) in [7, 11) is 0. The Hall–Kier alpha value is -3.84. The van der Waals surface area contributed by atoms with Crippen LogP contribution in [0.2, 0.25) is 0 Å². The van der Waals surface area contributed by atoms with Gasteiger partial charge in [0.15, 0.2) is 0 Å². The summed E-state index contributed by atoms with van der Waals surface area (Å²) in [6.45, 7) is 4.64. The molecule has 0 radical (unpaired) electrons. The molecule has 1 aliphatic heterocycles. The summed E-state index contributed by atoms with van der Waals surface area (Å²) < 4.78 is 0. The fraction of sp³-hybridized carbons (Fsp3) is 0.185. The van der Waals surface area contributed by atoms with Gasteiger partial charge in [0.2, 0.25) is 5.91 Å². The Morgan fingerprint density at radius 2 is 1.71 bits per heavy atom. The highest BCUT2D eigenvalue weighted by Crippen LogP contribution is 2.41. The number of carbonyl (C=O) groups excluding carboxylic acids is 2. The first kappa shape index (κ1) is 20.4. The number of nitrogens with zero attached hydrogens (tertiary/aromatic N) is 1. The minimum atomic E-state index is -1.24. The average Bonchev–Trinajstić information content (AvgIpc) is 2.76. The van der Waals surface area contributed by atoms with Crippen LogP contribution in [0.3, 0.4) is 0 Å². The van der Waals surface area contributed by atoms with Crippen molar-refractivity contribution < 1.29 is 14.7 Å². The van der Waals surface area contributed by atoms with E-state index in [2.05, 4.69) is 25.7 Å². The van der Waals surface area contributed by atoms with Crippen molar-refractivity contribution in [1.29, 1.82) is 0 Å². The van der Waals surface area contributed by atoms with Crippen LogP contribution < -0.4 is 10.0 Å². The van der Waals surface area contributed by atoms with Crippen molar-refractivity contribution >= 4 is 17.6 Å². The Balaban J connectivity index is 1.72. The Morgan fingerprint density at radius 3 is 2.45 bits per heavy atom. The molecule has 154 valence electrons. The maximum absolute atomic E-state index is 12.9. The maximum atomic E-state index is 12.9. The van der Waals surface area contributed by atoms with Crippen molar-refractivity contribution in [2.45, 2.75) is 32.2 Å². The van der Waals surface area contributed by atoms with E-state index in [0.29, 0.717) is 18.5 Å². The highest BCUT2D eigenvalue weighted by Gasteiger charge is 2.36. The number of carboxylic acid groups (broad SMARTS) is 1. The van der Waals surface area contributed by atoms with Crippen LogP contribution in [0.5, 0.6) is 0 Å². The summed E-state index contributed by atoms with van der Waals surface area (Å²) in [6, 6.07) is 22.3. The van der Waals surface area contributed by atoms with E-state index in [-0.39, 0.29) is 16.9 Å². The van der Waals surface area contributed by atoms with Gasteiger partial charge in [-0.05, 0) is 35.4 Å². The standard InChI is InChI=1S/C27H23NO3/c1-27(2)17-25(29)28(18-20-8-4-3-5-9-20)24-15-13-19(16-23(24)27)12-14-21-10-6-7-11-22(21)26(30)31/h3-11,13,15-16H,17-18H2,1-2H3,(H,30,31)/p-1. The summed E-state index contributed by atoms with van der Waals surface area (Å²) in [5, 5.41) is 11.3. The summed E-state index contributed by atoms with van der Waals surface area (Å²) in [5.41, 5.74) is 3.97. The molecule has 0 N–H and O–H groups in total. The van der Waals surface area contributed by atoms with E-state index in [9.17, 15) is 14.7 Å². The number of hydrogen-bond acceptors (Lipinski definition) is 3. The van der Waals surface area contributed by atoms with Crippen LogP contribution in [0, 0.1) is 11.8 Å². The number of benzene rings is 3. The van der Waals surface area contributed by atoms with Crippen LogP contribution in [-0.2, 0) is 16.8 Å². The molecule has 0 aliphatic carbocycles. The molecule has 3 aromatic rings. The van der Waals surface area contributed by atoms with Crippen molar-refractivity contribution in [3.63, 3.8) is 0 Å². The van der Waals surface area contributed by atoms with E-state index in [1.165, 1.54) is 6.07 Å². The van der Waals surface area contributed by atoms with Crippen molar-refractivity contribution in [3.8, 4) is 11.8 Å². The van der Waals surface area contributed by atoms with Gasteiger partial charge < -0.3 is 14.8 Å². The van der Waals surface area contributed by atoms with E-state index in [4.69, 9.17) is 0 Å². The first-order valence-corrected chi connectivity index (χ1v) is 10.2. The van der Waals surface area contributed by atoms with Crippen molar-refractivity contribution in [2.75, 3.05) is 4.90 Å². The van der Waals surface area contributed by atoms with Gasteiger partial charge in [-0.2, -0.15) is 0 Å². The largest absolute Gasteiger partial charge is 0.545 e. The molecule has 0 bridgehead atoms. The molecule has 4 rings (SSSR count). The SMILES string of the molecule is CC1(C)CC(=O)N(Cc2ccccc2)c2ccc(C#Cc3ccccc3C(=O)[O-])cc21. The van der Waals surface area contributed by atoms with Crippen molar-refractivity contribution in [1.82, 2.24) is 0 Å². The molecule has 0 fully saturated rings. The second-order valence-corrected chi connectivity index (χ2v) is 8.34. The molecule has 0 spiro atoms. The van der Waals surface area contributed by atoms with Gasteiger partial charge in [-0.25, -0.2) is 0 Å². The molecule has 4 heteroatoms. The summed E-state index contributed by atoms with van der Waals surface area (Å²) in [5.74, 6) is 4.88. The zero-order valence-electron chi connectivity index (χ0n) is 17.5. The number of aromatic carboxylic acids is 1. The van der Waals surface area contributed by atoms with E-state index >= 15 is 0 Å². The number of hydrogen-bond donors (Lipinski definition) is 0. The number of anilines is 1.